The minimum Gasteiger partial charge on any atom is -0.377 e. The van der Waals surface area contributed by atoms with Gasteiger partial charge in [0, 0.05) is 12.1 Å². The molecule has 4 atom stereocenters. The molecule has 1 aromatic carbocycles. The van der Waals surface area contributed by atoms with Gasteiger partial charge >= 0.3 is 0 Å². The third-order valence-corrected chi connectivity index (χ3v) is 7.76. The molecule has 0 aromatic heterocycles. The molecule has 140 valence electrons. The molecule has 6 heteroatoms. The van der Waals surface area contributed by atoms with E-state index in [1.54, 1.807) is 24.3 Å². The van der Waals surface area contributed by atoms with E-state index in [2.05, 4.69) is 5.32 Å². The molecule has 2 saturated carbocycles. The lowest BCUT2D eigenvalue weighted by Gasteiger charge is -2.31. The van der Waals surface area contributed by atoms with Crippen molar-refractivity contribution in [1.29, 1.82) is 0 Å². The standard InChI is InChI=1S/C19H30N2O3S/c1-13(2)21(25(23,24)17-8-4-14(3)5-9-17)12-19(22)20-18-11-15-6-7-16(18)10-15/h4-5,8-9,13,15-16,18-20,22H,6-7,10-12H2,1-3H3/t15-,16+,18+,19?/m0/s1. The molecule has 1 aromatic rings. The van der Waals surface area contributed by atoms with Crippen LogP contribution in [0.4, 0.5) is 0 Å². The van der Waals surface area contributed by atoms with Crippen molar-refractivity contribution in [3.63, 3.8) is 0 Å². The highest BCUT2D eigenvalue weighted by molar-refractivity contribution is 7.89. The van der Waals surface area contributed by atoms with Crippen LogP contribution in [0.15, 0.2) is 29.2 Å². The van der Waals surface area contributed by atoms with E-state index in [4.69, 9.17) is 0 Å². The molecule has 0 aliphatic heterocycles. The van der Waals surface area contributed by atoms with Crippen LogP contribution in [-0.4, -0.2) is 42.7 Å². The molecule has 25 heavy (non-hydrogen) atoms. The Balaban J connectivity index is 1.69. The van der Waals surface area contributed by atoms with Crippen molar-refractivity contribution < 1.29 is 13.5 Å². The average molecular weight is 367 g/mol. The van der Waals surface area contributed by atoms with Gasteiger partial charge in [-0.2, -0.15) is 4.31 Å². The second kappa shape index (κ2) is 7.35. The van der Waals surface area contributed by atoms with Crippen molar-refractivity contribution in [3.8, 4) is 0 Å². The highest BCUT2D eigenvalue weighted by Crippen LogP contribution is 2.44. The van der Waals surface area contributed by atoms with Gasteiger partial charge in [-0.1, -0.05) is 24.1 Å². The Labute approximate surface area is 151 Å². The van der Waals surface area contributed by atoms with Crippen LogP contribution in [-0.2, 0) is 10.0 Å². The summed E-state index contributed by atoms with van der Waals surface area (Å²) in [6.45, 7) is 5.69. The van der Waals surface area contributed by atoms with Gasteiger partial charge in [-0.15, -0.1) is 0 Å². The number of hydrogen-bond acceptors (Lipinski definition) is 4. The summed E-state index contributed by atoms with van der Waals surface area (Å²) in [5, 5.41) is 13.8. The van der Waals surface area contributed by atoms with Crippen LogP contribution >= 0.6 is 0 Å². The quantitative estimate of drug-likeness (QED) is 0.728. The zero-order chi connectivity index (χ0) is 18.2. The van der Waals surface area contributed by atoms with E-state index in [1.807, 2.05) is 20.8 Å². The number of nitrogens with zero attached hydrogens (tertiary/aromatic N) is 1. The summed E-state index contributed by atoms with van der Waals surface area (Å²) in [6.07, 6.45) is 4.05. The Morgan fingerprint density at radius 3 is 2.40 bits per heavy atom. The number of hydrogen-bond donors (Lipinski definition) is 2. The molecule has 2 bridgehead atoms. The van der Waals surface area contributed by atoms with Crippen molar-refractivity contribution in [2.45, 2.75) is 69.7 Å². The van der Waals surface area contributed by atoms with Gasteiger partial charge < -0.3 is 5.11 Å². The maximum atomic E-state index is 13.0. The molecule has 2 aliphatic carbocycles. The lowest BCUT2D eigenvalue weighted by molar-refractivity contribution is 0.0832. The van der Waals surface area contributed by atoms with Crippen LogP contribution in [0, 0.1) is 18.8 Å². The third-order valence-electron chi connectivity index (χ3n) is 5.70. The normalized spacial score (nSPS) is 27.4. The maximum Gasteiger partial charge on any atom is 0.243 e. The number of aliphatic hydroxyl groups is 1. The number of benzene rings is 1. The number of nitrogens with one attached hydrogen (secondary N) is 1. The Bertz CT molecular complexity index is 687. The molecule has 1 unspecified atom stereocenters. The molecular weight excluding hydrogens is 336 g/mol. The topological polar surface area (TPSA) is 69.6 Å². The Hall–Kier alpha value is -0.950. The van der Waals surface area contributed by atoms with Crippen LogP contribution in [0.1, 0.15) is 45.1 Å². The zero-order valence-electron chi connectivity index (χ0n) is 15.4. The van der Waals surface area contributed by atoms with E-state index < -0.39 is 16.3 Å². The van der Waals surface area contributed by atoms with E-state index in [0.717, 1.165) is 17.9 Å². The summed E-state index contributed by atoms with van der Waals surface area (Å²) >= 11 is 0. The highest BCUT2D eigenvalue weighted by Gasteiger charge is 2.40. The summed E-state index contributed by atoms with van der Waals surface area (Å²) in [4.78, 5) is 0.277. The van der Waals surface area contributed by atoms with Crippen molar-refractivity contribution in [2.75, 3.05) is 6.54 Å². The van der Waals surface area contributed by atoms with Gasteiger partial charge in [0.15, 0.2) is 0 Å². The summed E-state index contributed by atoms with van der Waals surface area (Å²) < 4.78 is 27.3. The van der Waals surface area contributed by atoms with Crippen LogP contribution in [0.3, 0.4) is 0 Å². The SMILES string of the molecule is Cc1ccc(S(=O)(=O)N(CC(O)N[C@@H]2C[C@H]3CC[C@@H]2C3)C(C)C)cc1. The number of aryl methyl sites for hydroxylation is 1. The molecule has 0 radical (unpaired) electrons. The minimum absolute atomic E-state index is 0.0712. The Morgan fingerprint density at radius 2 is 1.88 bits per heavy atom. The van der Waals surface area contributed by atoms with Crippen molar-refractivity contribution in [2.24, 2.45) is 11.8 Å². The molecule has 0 heterocycles. The largest absolute Gasteiger partial charge is 0.377 e. The Morgan fingerprint density at radius 1 is 1.20 bits per heavy atom. The molecular formula is C19H30N2O3S. The van der Waals surface area contributed by atoms with Crippen molar-refractivity contribution >= 4 is 10.0 Å². The van der Waals surface area contributed by atoms with E-state index in [0.29, 0.717) is 12.0 Å². The second-order valence-corrected chi connectivity index (χ2v) is 9.84. The number of sulfonamides is 1. The van der Waals surface area contributed by atoms with Gasteiger partial charge in [-0.05, 0) is 64.0 Å². The molecule has 2 fully saturated rings. The first-order chi connectivity index (χ1) is 11.8. The number of rotatable bonds is 7. The fraction of sp³-hybridized carbons (Fsp3) is 0.684. The zero-order valence-corrected chi connectivity index (χ0v) is 16.2. The van der Waals surface area contributed by atoms with Crippen molar-refractivity contribution in [1.82, 2.24) is 9.62 Å². The second-order valence-electron chi connectivity index (χ2n) is 7.95. The molecule has 2 N–H and O–H groups in total. The van der Waals surface area contributed by atoms with Crippen LogP contribution < -0.4 is 5.32 Å². The first kappa shape index (κ1) is 18.8. The number of fused-ring (bicyclic) bond motifs is 2. The predicted molar refractivity (Wildman–Crippen MR) is 98.6 cm³/mol. The molecule has 5 nitrogen and oxygen atoms in total. The van der Waals surface area contributed by atoms with Crippen LogP contribution in [0.2, 0.25) is 0 Å². The number of aliphatic hydroxyl groups excluding tert-OH is 1. The molecule has 0 amide bonds. The summed E-state index contributed by atoms with van der Waals surface area (Å²) in [7, 11) is -3.62. The first-order valence-corrected chi connectivity index (χ1v) is 10.7. The highest BCUT2D eigenvalue weighted by atomic mass is 32.2. The summed E-state index contributed by atoms with van der Waals surface area (Å²) in [6, 6.07) is 6.98. The summed E-state index contributed by atoms with van der Waals surface area (Å²) in [5.74, 6) is 1.42. The predicted octanol–water partition coefficient (Wildman–Crippen LogP) is 2.49. The van der Waals surface area contributed by atoms with Gasteiger partial charge in [0.1, 0.15) is 6.23 Å². The maximum absolute atomic E-state index is 13.0. The van der Waals surface area contributed by atoms with E-state index in [-0.39, 0.29) is 17.5 Å². The smallest absolute Gasteiger partial charge is 0.243 e. The molecule has 0 saturated heterocycles. The van der Waals surface area contributed by atoms with E-state index >= 15 is 0 Å². The van der Waals surface area contributed by atoms with Crippen LogP contribution in [0.25, 0.3) is 0 Å². The van der Waals surface area contributed by atoms with Gasteiger partial charge in [-0.25, -0.2) is 8.42 Å². The van der Waals surface area contributed by atoms with E-state index in [1.165, 1.54) is 23.6 Å². The molecule has 2 aliphatic rings. The van der Waals surface area contributed by atoms with Crippen molar-refractivity contribution in [3.05, 3.63) is 29.8 Å². The lowest BCUT2D eigenvalue weighted by Crippen LogP contribution is -2.50. The summed E-state index contributed by atoms with van der Waals surface area (Å²) in [5.41, 5.74) is 1.02. The fourth-order valence-electron chi connectivity index (χ4n) is 4.35. The Kier molecular flexibility index (Phi) is 5.54. The van der Waals surface area contributed by atoms with Gasteiger partial charge in [0.25, 0.3) is 0 Å². The molecule has 0 spiro atoms. The monoisotopic (exact) mass is 366 g/mol. The average Bonchev–Trinajstić information content (AvgIpc) is 3.15. The molecule has 3 rings (SSSR count). The fourth-order valence-corrected chi connectivity index (χ4v) is 5.99. The van der Waals surface area contributed by atoms with E-state index in [9.17, 15) is 13.5 Å². The minimum atomic E-state index is -3.62. The van der Waals surface area contributed by atoms with Gasteiger partial charge in [-0.3, -0.25) is 5.32 Å². The lowest BCUT2D eigenvalue weighted by atomic mass is 9.95. The third kappa shape index (κ3) is 4.08. The van der Waals surface area contributed by atoms with Gasteiger partial charge in [0.05, 0.1) is 11.4 Å². The first-order valence-electron chi connectivity index (χ1n) is 9.30. The van der Waals surface area contributed by atoms with Crippen LogP contribution in [0.5, 0.6) is 0 Å². The van der Waals surface area contributed by atoms with Gasteiger partial charge in [0.2, 0.25) is 10.0 Å².